The molecule has 2 aliphatic rings. The minimum absolute atomic E-state index is 0.125. The largest absolute Gasteiger partial charge is 0.480 e. The minimum atomic E-state index is -0.880. The van der Waals surface area contributed by atoms with Gasteiger partial charge < -0.3 is 10.0 Å². The Bertz CT molecular complexity index is 364. The molecule has 4 nitrogen and oxygen atoms in total. The van der Waals surface area contributed by atoms with E-state index in [4.69, 9.17) is 0 Å². The number of hydrogen-bond donors (Lipinski definition) is 1. The number of likely N-dealkylation sites (tertiary alicyclic amines) is 1. The average Bonchev–Trinajstić information content (AvgIpc) is 2.26. The Morgan fingerprint density at radius 3 is 2.71 bits per heavy atom. The van der Waals surface area contributed by atoms with Crippen molar-refractivity contribution in [1.82, 2.24) is 4.90 Å². The molecule has 1 aliphatic carbocycles. The van der Waals surface area contributed by atoms with Gasteiger partial charge in [0.15, 0.2) is 0 Å². The summed E-state index contributed by atoms with van der Waals surface area (Å²) < 4.78 is 0. The first kappa shape index (κ1) is 12.1. The lowest BCUT2D eigenvalue weighted by atomic mass is 9.71. The summed E-state index contributed by atoms with van der Waals surface area (Å²) in [4.78, 5) is 24.2. The molecule has 94 valence electrons. The molecule has 3 atom stereocenters. The molecular formula is C13H19NO3. The van der Waals surface area contributed by atoms with E-state index in [2.05, 4.69) is 6.58 Å². The minimum Gasteiger partial charge on any atom is -0.480 e. The number of aliphatic carboxylic acids is 1. The molecule has 17 heavy (non-hydrogen) atoms. The highest BCUT2D eigenvalue weighted by Crippen LogP contribution is 2.40. The molecule has 1 saturated carbocycles. The van der Waals surface area contributed by atoms with Gasteiger partial charge in [0.25, 0.3) is 0 Å². The highest BCUT2D eigenvalue weighted by Gasteiger charge is 2.41. The molecule has 1 amide bonds. The molecule has 0 spiro atoms. The number of carbonyl (C=O) groups is 2. The van der Waals surface area contributed by atoms with Crippen LogP contribution in [-0.4, -0.2) is 34.5 Å². The number of carboxylic acids is 1. The van der Waals surface area contributed by atoms with Crippen molar-refractivity contribution in [3.05, 3.63) is 12.2 Å². The molecule has 1 saturated heterocycles. The van der Waals surface area contributed by atoms with Crippen LogP contribution in [0.2, 0.25) is 0 Å². The van der Waals surface area contributed by atoms with E-state index in [9.17, 15) is 14.7 Å². The molecule has 1 aliphatic heterocycles. The maximum Gasteiger partial charge on any atom is 0.326 e. The van der Waals surface area contributed by atoms with E-state index in [1.165, 1.54) is 17.4 Å². The summed E-state index contributed by atoms with van der Waals surface area (Å²) in [6.45, 7) is 6.06. The van der Waals surface area contributed by atoms with Crippen LogP contribution in [0.15, 0.2) is 12.2 Å². The first-order valence-electron chi connectivity index (χ1n) is 6.15. The summed E-state index contributed by atoms with van der Waals surface area (Å²) in [6.07, 6.45) is 3.57. The van der Waals surface area contributed by atoms with Crippen LogP contribution >= 0.6 is 0 Å². The van der Waals surface area contributed by atoms with Gasteiger partial charge in [-0.1, -0.05) is 12.2 Å². The Balaban J connectivity index is 2.15. The van der Waals surface area contributed by atoms with Crippen LogP contribution in [0.5, 0.6) is 0 Å². The summed E-state index contributed by atoms with van der Waals surface area (Å²) in [5.74, 6) is -0.150. The van der Waals surface area contributed by atoms with Gasteiger partial charge in [-0.25, -0.2) is 4.79 Å². The van der Waals surface area contributed by atoms with Crippen molar-refractivity contribution in [1.29, 1.82) is 0 Å². The van der Waals surface area contributed by atoms with E-state index in [1.807, 2.05) is 0 Å². The third-order valence-electron chi connectivity index (χ3n) is 4.11. The van der Waals surface area contributed by atoms with Crippen molar-refractivity contribution < 1.29 is 14.7 Å². The molecule has 0 radical (unpaired) electrons. The molecule has 4 heteroatoms. The van der Waals surface area contributed by atoms with E-state index < -0.39 is 12.0 Å². The predicted octanol–water partition coefficient (Wildman–Crippen LogP) is 1.66. The Labute approximate surface area is 101 Å². The third-order valence-corrected chi connectivity index (χ3v) is 4.11. The van der Waals surface area contributed by atoms with E-state index in [-0.39, 0.29) is 5.91 Å². The number of piperidine rings is 1. The fourth-order valence-electron chi connectivity index (χ4n) is 3.16. The van der Waals surface area contributed by atoms with Crippen LogP contribution in [-0.2, 0) is 9.59 Å². The topological polar surface area (TPSA) is 57.6 Å². The second kappa shape index (κ2) is 4.51. The Morgan fingerprint density at radius 1 is 1.41 bits per heavy atom. The fourth-order valence-corrected chi connectivity index (χ4v) is 3.16. The van der Waals surface area contributed by atoms with Gasteiger partial charge in [0.1, 0.15) is 6.04 Å². The number of fused-ring (bicyclic) bond motifs is 1. The maximum absolute atomic E-state index is 11.5. The summed E-state index contributed by atoms with van der Waals surface area (Å²) in [7, 11) is 0. The van der Waals surface area contributed by atoms with E-state index in [0.717, 1.165) is 19.3 Å². The lowest BCUT2D eigenvalue weighted by Gasteiger charge is -2.44. The van der Waals surface area contributed by atoms with Gasteiger partial charge in [0.05, 0.1) is 0 Å². The van der Waals surface area contributed by atoms with Crippen molar-refractivity contribution in [3.63, 3.8) is 0 Å². The zero-order chi connectivity index (χ0) is 12.6. The van der Waals surface area contributed by atoms with Crippen molar-refractivity contribution in [2.24, 2.45) is 11.8 Å². The lowest BCUT2D eigenvalue weighted by molar-refractivity contribution is -0.154. The monoisotopic (exact) mass is 237 g/mol. The van der Waals surface area contributed by atoms with Crippen LogP contribution in [0.1, 0.15) is 32.6 Å². The van der Waals surface area contributed by atoms with Gasteiger partial charge in [-0.2, -0.15) is 0 Å². The Hall–Kier alpha value is -1.32. The molecular weight excluding hydrogens is 218 g/mol. The van der Waals surface area contributed by atoms with Gasteiger partial charge in [-0.05, 0) is 37.5 Å². The lowest BCUT2D eigenvalue weighted by Crippen LogP contribution is -2.53. The van der Waals surface area contributed by atoms with Gasteiger partial charge in [0, 0.05) is 13.5 Å². The molecule has 1 N–H and O–H groups in total. The van der Waals surface area contributed by atoms with Crippen molar-refractivity contribution >= 4 is 11.9 Å². The van der Waals surface area contributed by atoms with Crippen LogP contribution < -0.4 is 0 Å². The third kappa shape index (κ3) is 2.35. The Morgan fingerprint density at radius 2 is 2.12 bits per heavy atom. The summed E-state index contributed by atoms with van der Waals surface area (Å²) in [5, 5.41) is 9.20. The summed E-state index contributed by atoms with van der Waals surface area (Å²) in [6, 6.07) is -0.639. The molecule has 0 aromatic rings. The van der Waals surface area contributed by atoms with Gasteiger partial charge >= 0.3 is 5.97 Å². The second-order valence-corrected chi connectivity index (χ2v) is 5.27. The number of amides is 1. The summed E-state index contributed by atoms with van der Waals surface area (Å²) >= 11 is 0. The van der Waals surface area contributed by atoms with E-state index in [1.54, 1.807) is 0 Å². The van der Waals surface area contributed by atoms with Gasteiger partial charge in [0.2, 0.25) is 5.91 Å². The highest BCUT2D eigenvalue weighted by molar-refractivity contribution is 5.82. The van der Waals surface area contributed by atoms with Crippen LogP contribution in [0.25, 0.3) is 0 Å². The number of carboxylic acid groups (broad SMARTS) is 1. The number of rotatable bonds is 1. The van der Waals surface area contributed by atoms with E-state index in [0.29, 0.717) is 24.8 Å². The molecule has 2 fully saturated rings. The van der Waals surface area contributed by atoms with Crippen molar-refractivity contribution in [2.75, 3.05) is 6.54 Å². The number of allylic oxidation sites excluding steroid dienone is 1. The maximum atomic E-state index is 11.5. The van der Waals surface area contributed by atoms with Crippen LogP contribution in [0, 0.1) is 11.8 Å². The molecule has 0 unspecified atom stereocenters. The van der Waals surface area contributed by atoms with Crippen molar-refractivity contribution in [3.8, 4) is 0 Å². The summed E-state index contributed by atoms with van der Waals surface area (Å²) in [5.41, 5.74) is 1.23. The highest BCUT2D eigenvalue weighted by atomic mass is 16.4. The zero-order valence-electron chi connectivity index (χ0n) is 10.2. The average molecular weight is 237 g/mol. The molecule has 0 aromatic carbocycles. The molecule has 0 aromatic heterocycles. The second-order valence-electron chi connectivity index (χ2n) is 5.27. The molecule has 1 heterocycles. The number of carbonyl (C=O) groups excluding carboxylic acids is 1. The fraction of sp³-hybridized carbons (Fsp3) is 0.692. The van der Waals surface area contributed by atoms with Crippen LogP contribution in [0.4, 0.5) is 0 Å². The zero-order valence-corrected chi connectivity index (χ0v) is 10.2. The first-order chi connectivity index (χ1) is 7.99. The van der Waals surface area contributed by atoms with Gasteiger partial charge in [-0.15, -0.1) is 0 Å². The number of hydrogen-bond acceptors (Lipinski definition) is 2. The SMILES string of the molecule is C=C1CC[C@H]2CN(C(C)=O)[C@H](C(=O)O)C[C@H]2C1. The molecule has 0 bridgehead atoms. The molecule has 2 rings (SSSR count). The Kier molecular flexibility index (Phi) is 3.22. The first-order valence-corrected chi connectivity index (χ1v) is 6.15. The van der Waals surface area contributed by atoms with Crippen LogP contribution in [0.3, 0.4) is 0 Å². The van der Waals surface area contributed by atoms with Gasteiger partial charge in [-0.3, -0.25) is 4.79 Å². The number of nitrogens with zero attached hydrogens (tertiary/aromatic N) is 1. The quantitative estimate of drug-likeness (QED) is 0.706. The van der Waals surface area contributed by atoms with Crippen molar-refractivity contribution in [2.45, 2.75) is 38.6 Å². The predicted molar refractivity (Wildman–Crippen MR) is 63.4 cm³/mol. The standard InChI is InChI=1S/C13H19NO3/c1-8-3-4-10-7-14(9(2)15)12(13(16)17)6-11(10)5-8/h10-12H,1,3-7H2,2H3,(H,16,17)/t10-,11+,12-/m0/s1. The van der Waals surface area contributed by atoms with E-state index >= 15 is 0 Å². The smallest absolute Gasteiger partial charge is 0.326 e. The normalized spacial score (nSPS) is 33.1.